The molecule has 1 aromatic carbocycles. The number of hydrazine groups is 1. The van der Waals surface area contributed by atoms with Gasteiger partial charge in [-0.05, 0) is 54.7 Å². The third kappa shape index (κ3) is 3.95. The minimum absolute atomic E-state index is 0.355. The van der Waals surface area contributed by atoms with Crippen LogP contribution in [-0.4, -0.2) is 6.04 Å². The summed E-state index contributed by atoms with van der Waals surface area (Å²) in [4.78, 5) is 0. The maximum Gasteiger partial charge on any atom is 0.0408 e. The van der Waals surface area contributed by atoms with Crippen LogP contribution < -0.4 is 11.3 Å². The van der Waals surface area contributed by atoms with Gasteiger partial charge < -0.3 is 0 Å². The SMILES string of the molecule is CC1CCC(C(Cc2cccc(Cl)c2)NN)CC1C. The zero-order valence-electron chi connectivity index (χ0n) is 11.9. The Bertz CT molecular complexity index is 407. The van der Waals surface area contributed by atoms with Crippen molar-refractivity contribution in [3.8, 4) is 0 Å². The summed E-state index contributed by atoms with van der Waals surface area (Å²) in [5.41, 5.74) is 4.30. The largest absolute Gasteiger partial charge is 0.271 e. The van der Waals surface area contributed by atoms with Gasteiger partial charge in [0.2, 0.25) is 0 Å². The van der Waals surface area contributed by atoms with E-state index in [-0.39, 0.29) is 0 Å². The van der Waals surface area contributed by atoms with E-state index in [1.165, 1.54) is 24.8 Å². The first-order valence-electron chi connectivity index (χ1n) is 7.30. The Morgan fingerprint density at radius 2 is 2.11 bits per heavy atom. The standard InChI is InChI=1S/C16H25ClN2/c1-11-6-7-14(8-12(11)2)16(19-18)10-13-4-3-5-15(17)9-13/h3-5,9,11-12,14,16,19H,6-8,10,18H2,1-2H3. The lowest BCUT2D eigenvalue weighted by Gasteiger charge is -2.36. The van der Waals surface area contributed by atoms with E-state index in [1.54, 1.807) is 0 Å². The Morgan fingerprint density at radius 1 is 1.32 bits per heavy atom. The van der Waals surface area contributed by atoms with Gasteiger partial charge in [-0.3, -0.25) is 11.3 Å². The lowest BCUT2D eigenvalue weighted by molar-refractivity contribution is 0.170. The van der Waals surface area contributed by atoms with Gasteiger partial charge in [0.15, 0.2) is 0 Å². The monoisotopic (exact) mass is 280 g/mol. The summed E-state index contributed by atoms with van der Waals surface area (Å²) in [5.74, 6) is 8.11. The van der Waals surface area contributed by atoms with Crippen molar-refractivity contribution in [2.24, 2.45) is 23.6 Å². The number of rotatable bonds is 4. The fraction of sp³-hybridized carbons (Fsp3) is 0.625. The van der Waals surface area contributed by atoms with Crippen LogP contribution in [0.3, 0.4) is 0 Å². The van der Waals surface area contributed by atoms with Crippen molar-refractivity contribution >= 4 is 11.6 Å². The van der Waals surface area contributed by atoms with Gasteiger partial charge in [-0.15, -0.1) is 0 Å². The van der Waals surface area contributed by atoms with Crippen LogP contribution >= 0.6 is 11.6 Å². The Balaban J connectivity index is 2.00. The second-order valence-corrected chi connectivity index (χ2v) is 6.57. The minimum atomic E-state index is 0.355. The second kappa shape index (κ2) is 6.74. The first-order chi connectivity index (χ1) is 9.10. The van der Waals surface area contributed by atoms with E-state index < -0.39 is 0 Å². The normalized spacial score (nSPS) is 29.2. The average molecular weight is 281 g/mol. The first kappa shape index (κ1) is 14.8. The van der Waals surface area contributed by atoms with E-state index in [9.17, 15) is 0 Å². The van der Waals surface area contributed by atoms with Gasteiger partial charge in [0.1, 0.15) is 0 Å². The van der Waals surface area contributed by atoms with Crippen LogP contribution in [0.25, 0.3) is 0 Å². The molecule has 0 bridgehead atoms. The molecule has 2 nitrogen and oxygen atoms in total. The molecule has 0 heterocycles. The van der Waals surface area contributed by atoms with Crippen molar-refractivity contribution in [1.82, 2.24) is 5.43 Å². The molecule has 0 radical (unpaired) electrons. The molecule has 1 aliphatic rings. The second-order valence-electron chi connectivity index (χ2n) is 6.13. The van der Waals surface area contributed by atoms with Crippen molar-refractivity contribution in [2.75, 3.05) is 0 Å². The summed E-state index contributed by atoms with van der Waals surface area (Å²) in [5, 5.41) is 0.805. The molecule has 0 aromatic heterocycles. The van der Waals surface area contributed by atoms with Crippen LogP contribution in [0.4, 0.5) is 0 Å². The van der Waals surface area contributed by atoms with Gasteiger partial charge in [-0.2, -0.15) is 0 Å². The van der Waals surface area contributed by atoms with Crippen LogP contribution in [0.15, 0.2) is 24.3 Å². The number of nitrogens with two attached hydrogens (primary N) is 1. The van der Waals surface area contributed by atoms with E-state index in [4.69, 9.17) is 17.4 Å². The van der Waals surface area contributed by atoms with Crippen LogP contribution in [-0.2, 0) is 6.42 Å². The third-order valence-corrected chi connectivity index (χ3v) is 5.00. The molecular formula is C16H25ClN2. The molecule has 1 fully saturated rings. The Morgan fingerprint density at radius 3 is 2.74 bits per heavy atom. The molecule has 3 heteroatoms. The topological polar surface area (TPSA) is 38.0 Å². The van der Waals surface area contributed by atoms with Gasteiger partial charge in [0.05, 0.1) is 0 Å². The van der Waals surface area contributed by atoms with E-state index in [0.29, 0.717) is 12.0 Å². The summed E-state index contributed by atoms with van der Waals surface area (Å²) < 4.78 is 0. The van der Waals surface area contributed by atoms with E-state index in [2.05, 4.69) is 25.3 Å². The molecular weight excluding hydrogens is 256 g/mol. The van der Waals surface area contributed by atoms with Crippen molar-refractivity contribution in [3.05, 3.63) is 34.9 Å². The van der Waals surface area contributed by atoms with Gasteiger partial charge in [0, 0.05) is 11.1 Å². The van der Waals surface area contributed by atoms with Crippen molar-refractivity contribution in [3.63, 3.8) is 0 Å². The van der Waals surface area contributed by atoms with Crippen LogP contribution in [0.2, 0.25) is 5.02 Å². The number of nitrogens with one attached hydrogen (secondary N) is 1. The number of hydrogen-bond acceptors (Lipinski definition) is 2. The highest BCUT2D eigenvalue weighted by molar-refractivity contribution is 6.30. The van der Waals surface area contributed by atoms with E-state index in [0.717, 1.165) is 23.3 Å². The number of halogens is 1. The molecule has 1 aromatic rings. The molecule has 1 saturated carbocycles. The van der Waals surface area contributed by atoms with Gasteiger partial charge in [-0.25, -0.2) is 0 Å². The Labute approximate surface area is 121 Å². The maximum atomic E-state index is 6.05. The third-order valence-electron chi connectivity index (χ3n) is 4.77. The molecule has 0 saturated heterocycles. The van der Waals surface area contributed by atoms with E-state index in [1.807, 2.05) is 18.2 Å². The smallest absolute Gasteiger partial charge is 0.0408 e. The molecule has 2 rings (SSSR count). The summed E-state index contributed by atoms with van der Waals surface area (Å²) in [6.07, 6.45) is 4.83. The number of hydrogen-bond donors (Lipinski definition) is 2. The Kier molecular flexibility index (Phi) is 5.26. The highest BCUT2D eigenvalue weighted by atomic mass is 35.5. The predicted octanol–water partition coefficient (Wildman–Crippen LogP) is 3.79. The predicted molar refractivity (Wildman–Crippen MR) is 81.9 cm³/mol. The minimum Gasteiger partial charge on any atom is -0.271 e. The molecule has 4 unspecified atom stereocenters. The molecule has 0 spiro atoms. The molecule has 0 aliphatic heterocycles. The molecule has 1 aliphatic carbocycles. The fourth-order valence-corrected chi connectivity index (χ4v) is 3.45. The lowest BCUT2D eigenvalue weighted by Crippen LogP contribution is -2.44. The highest BCUT2D eigenvalue weighted by Gasteiger charge is 2.29. The maximum absolute atomic E-state index is 6.05. The number of benzene rings is 1. The quantitative estimate of drug-likeness (QED) is 0.651. The highest BCUT2D eigenvalue weighted by Crippen LogP contribution is 2.35. The first-order valence-corrected chi connectivity index (χ1v) is 7.68. The lowest BCUT2D eigenvalue weighted by atomic mass is 9.72. The summed E-state index contributed by atoms with van der Waals surface area (Å²) in [6.45, 7) is 4.73. The fourth-order valence-electron chi connectivity index (χ4n) is 3.23. The van der Waals surface area contributed by atoms with Crippen LogP contribution in [0.1, 0.15) is 38.7 Å². The van der Waals surface area contributed by atoms with Crippen molar-refractivity contribution in [2.45, 2.75) is 45.6 Å². The molecule has 19 heavy (non-hydrogen) atoms. The van der Waals surface area contributed by atoms with Crippen molar-refractivity contribution < 1.29 is 0 Å². The average Bonchev–Trinajstić information content (AvgIpc) is 2.39. The molecule has 106 valence electrons. The van der Waals surface area contributed by atoms with Crippen LogP contribution in [0.5, 0.6) is 0 Å². The Hall–Kier alpha value is -0.570. The van der Waals surface area contributed by atoms with Gasteiger partial charge in [0.25, 0.3) is 0 Å². The summed E-state index contributed by atoms with van der Waals surface area (Å²) in [6, 6.07) is 8.46. The molecule has 4 atom stereocenters. The van der Waals surface area contributed by atoms with Gasteiger partial charge in [-0.1, -0.05) is 44.0 Å². The summed E-state index contributed by atoms with van der Waals surface area (Å²) >= 11 is 6.05. The zero-order valence-corrected chi connectivity index (χ0v) is 12.7. The van der Waals surface area contributed by atoms with Gasteiger partial charge >= 0.3 is 0 Å². The van der Waals surface area contributed by atoms with E-state index >= 15 is 0 Å². The van der Waals surface area contributed by atoms with Crippen LogP contribution in [0, 0.1) is 17.8 Å². The summed E-state index contributed by atoms with van der Waals surface area (Å²) in [7, 11) is 0. The molecule has 0 amide bonds. The molecule has 3 N–H and O–H groups in total. The zero-order chi connectivity index (χ0) is 13.8. The van der Waals surface area contributed by atoms with Crippen molar-refractivity contribution in [1.29, 1.82) is 0 Å².